The number of thioether (sulfide) groups is 1. The molecular weight excluding hydrogens is 196 g/mol. The number of carbonyl (C=O) groups is 1. The summed E-state index contributed by atoms with van der Waals surface area (Å²) in [6.07, 6.45) is 0. The molecule has 0 aliphatic carbocycles. The van der Waals surface area contributed by atoms with E-state index in [0.29, 0.717) is 11.5 Å². The van der Waals surface area contributed by atoms with Gasteiger partial charge in [-0.25, -0.2) is 4.79 Å². The van der Waals surface area contributed by atoms with Crippen molar-refractivity contribution >= 4 is 17.7 Å². The molecule has 1 unspecified atom stereocenters. The lowest BCUT2D eigenvalue weighted by atomic mass is 10.2. The molecule has 0 fully saturated rings. The van der Waals surface area contributed by atoms with Gasteiger partial charge < -0.3 is 4.74 Å². The average molecular weight is 208 g/mol. The number of hydrogen-bond acceptors (Lipinski definition) is 3. The second-order valence-corrected chi connectivity index (χ2v) is 4.77. The van der Waals surface area contributed by atoms with E-state index in [1.54, 1.807) is 17.8 Å². The summed E-state index contributed by atoms with van der Waals surface area (Å²) >= 11 is 1.63. The number of cyclic esters (lactones) is 1. The highest BCUT2D eigenvalue weighted by molar-refractivity contribution is 8.00. The third-order valence-electron chi connectivity index (χ3n) is 2.12. The van der Waals surface area contributed by atoms with Crippen molar-refractivity contribution in [3.05, 3.63) is 29.8 Å². The fourth-order valence-electron chi connectivity index (χ4n) is 1.33. The summed E-state index contributed by atoms with van der Waals surface area (Å²) in [5.41, 5.74) is 0.645. The minimum Gasteiger partial charge on any atom is -0.447 e. The standard InChI is InChI=1S/C11H12O2S/c1-7(2)11-13-10(12)8-5-3-4-6-9(8)14-11/h3-7,11H,1-2H3. The summed E-state index contributed by atoms with van der Waals surface area (Å²) in [6, 6.07) is 7.58. The maximum atomic E-state index is 11.6. The summed E-state index contributed by atoms with van der Waals surface area (Å²) in [5.74, 6) is 0.148. The highest BCUT2D eigenvalue weighted by Gasteiger charge is 2.28. The first-order valence-electron chi connectivity index (χ1n) is 4.65. The first-order chi connectivity index (χ1) is 6.68. The third-order valence-corrected chi connectivity index (χ3v) is 3.60. The van der Waals surface area contributed by atoms with Crippen molar-refractivity contribution in [1.82, 2.24) is 0 Å². The van der Waals surface area contributed by atoms with Crippen LogP contribution in [0.2, 0.25) is 0 Å². The van der Waals surface area contributed by atoms with Crippen LogP contribution in [0.25, 0.3) is 0 Å². The van der Waals surface area contributed by atoms with Gasteiger partial charge in [0, 0.05) is 10.8 Å². The van der Waals surface area contributed by atoms with E-state index in [2.05, 4.69) is 13.8 Å². The van der Waals surface area contributed by atoms with Gasteiger partial charge in [0.15, 0.2) is 5.44 Å². The summed E-state index contributed by atoms with van der Waals surface area (Å²) < 4.78 is 5.30. The molecule has 1 atom stereocenters. The maximum absolute atomic E-state index is 11.6. The van der Waals surface area contributed by atoms with E-state index in [0.717, 1.165) is 4.90 Å². The third kappa shape index (κ3) is 1.64. The molecule has 0 spiro atoms. The van der Waals surface area contributed by atoms with Crippen LogP contribution in [0.3, 0.4) is 0 Å². The summed E-state index contributed by atoms with van der Waals surface area (Å²) in [4.78, 5) is 12.6. The Morgan fingerprint density at radius 1 is 1.36 bits per heavy atom. The lowest BCUT2D eigenvalue weighted by Gasteiger charge is -2.26. The highest BCUT2D eigenvalue weighted by atomic mass is 32.2. The van der Waals surface area contributed by atoms with Gasteiger partial charge in [0.1, 0.15) is 0 Å². The molecule has 2 rings (SSSR count). The number of benzene rings is 1. The zero-order chi connectivity index (χ0) is 10.1. The molecule has 14 heavy (non-hydrogen) atoms. The Hall–Kier alpha value is -0.960. The maximum Gasteiger partial charge on any atom is 0.340 e. The van der Waals surface area contributed by atoms with Crippen molar-refractivity contribution in [3.63, 3.8) is 0 Å². The smallest absolute Gasteiger partial charge is 0.340 e. The number of rotatable bonds is 1. The second-order valence-electron chi connectivity index (χ2n) is 3.63. The highest BCUT2D eigenvalue weighted by Crippen LogP contribution is 2.36. The molecule has 1 aromatic rings. The van der Waals surface area contributed by atoms with Crippen LogP contribution < -0.4 is 0 Å². The molecular formula is C11H12O2S. The molecule has 1 heterocycles. The van der Waals surface area contributed by atoms with Crippen LogP contribution in [-0.2, 0) is 4.74 Å². The summed E-state index contributed by atoms with van der Waals surface area (Å²) in [6.45, 7) is 4.11. The van der Waals surface area contributed by atoms with E-state index in [1.165, 1.54) is 0 Å². The van der Waals surface area contributed by atoms with Crippen LogP contribution in [0.5, 0.6) is 0 Å². The molecule has 1 aliphatic heterocycles. The molecule has 0 N–H and O–H groups in total. The minimum atomic E-state index is -0.196. The number of ether oxygens (including phenoxy) is 1. The molecule has 0 bridgehead atoms. The predicted molar refractivity (Wildman–Crippen MR) is 56.3 cm³/mol. The van der Waals surface area contributed by atoms with Crippen LogP contribution in [0, 0.1) is 5.92 Å². The predicted octanol–water partition coefficient (Wildman–Crippen LogP) is 2.93. The molecule has 0 radical (unpaired) electrons. The zero-order valence-electron chi connectivity index (χ0n) is 8.19. The van der Waals surface area contributed by atoms with Crippen molar-refractivity contribution < 1.29 is 9.53 Å². The van der Waals surface area contributed by atoms with Gasteiger partial charge in [0.25, 0.3) is 0 Å². The molecule has 0 amide bonds. The second kappa shape index (κ2) is 3.65. The van der Waals surface area contributed by atoms with Crippen LogP contribution in [-0.4, -0.2) is 11.4 Å². The number of carbonyl (C=O) groups excluding carboxylic acids is 1. The lowest BCUT2D eigenvalue weighted by molar-refractivity contribution is 0.0375. The van der Waals surface area contributed by atoms with Gasteiger partial charge in [-0.05, 0) is 12.1 Å². The number of fused-ring (bicyclic) bond motifs is 1. The Kier molecular flexibility index (Phi) is 2.50. The van der Waals surface area contributed by atoms with Gasteiger partial charge in [0.2, 0.25) is 0 Å². The summed E-state index contributed by atoms with van der Waals surface area (Å²) in [5, 5.41) is 0. The SMILES string of the molecule is CC(C)C1OC(=O)c2ccccc2S1. The topological polar surface area (TPSA) is 26.3 Å². The van der Waals surface area contributed by atoms with E-state index >= 15 is 0 Å². The Bertz CT molecular complexity index is 360. The molecule has 0 saturated heterocycles. The van der Waals surface area contributed by atoms with Crippen molar-refractivity contribution in [2.45, 2.75) is 24.2 Å². The first-order valence-corrected chi connectivity index (χ1v) is 5.53. The fourth-order valence-corrected chi connectivity index (χ4v) is 2.42. The van der Waals surface area contributed by atoms with Crippen LogP contribution >= 0.6 is 11.8 Å². The van der Waals surface area contributed by atoms with E-state index in [9.17, 15) is 4.79 Å². The van der Waals surface area contributed by atoms with Crippen molar-refractivity contribution in [2.75, 3.05) is 0 Å². The monoisotopic (exact) mass is 208 g/mol. The van der Waals surface area contributed by atoms with E-state index in [4.69, 9.17) is 4.74 Å². The Morgan fingerprint density at radius 3 is 2.79 bits per heavy atom. The van der Waals surface area contributed by atoms with Gasteiger partial charge in [-0.2, -0.15) is 0 Å². The summed E-state index contributed by atoms with van der Waals surface area (Å²) in [7, 11) is 0. The minimum absolute atomic E-state index is 0.0441. The van der Waals surface area contributed by atoms with Gasteiger partial charge in [-0.15, -0.1) is 0 Å². The van der Waals surface area contributed by atoms with Gasteiger partial charge in [-0.3, -0.25) is 0 Å². The van der Waals surface area contributed by atoms with Gasteiger partial charge in [-0.1, -0.05) is 37.7 Å². The molecule has 74 valence electrons. The first kappa shape index (κ1) is 9.59. The molecule has 3 heteroatoms. The lowest BCUT2D eigenvalue weighted by Crippen LogP contribution is -2.24. The van der Waals surface area contributed by atoms with Gasteiger partial charge >= 0.3 is 5.97 Å². The molecule has 0 saturated carbocycles. The van der Waals surface area contributed by atoms with Crippen molar-refractivity contribution in [2.24, 2.45) is 5.92 Å². The quantitative estimate of drug-likeness (QED) is 0.664. The molecule has 1 aromatic carbocycles. The van der Waals surface area contributed by atoms with Crippen molar-refractivity contribution in [3.8, 4) is 0 Å². The average Bonchev–Trinajstić information content (AvgIpc) is 2.17. The van der Waals surface area contributed by atoms with Crippen LogP contribution in [0.1, 0.15) is 24.2 Å². The Labute approximate surface area is 87.6 Å². The normalized spacial score (nSPS) is 20.5. The molecule has 0 aromatic heterocycles. The Balaban J connectivity index is 2.33. The largest absolute Gasteiger partial charge is 0.447 e. The van der Waals surface area contributed by atoms with E-state index in [-0.39, 0.29) is 11.4 Å². The van der Waals surface area contributed by atoms with Crippen LogP contribution in [0.15, 0.2) is 29.2 Å². The molecule has 2 nitrogen and oxygen atoms in total. The van der Waals surface area contributed by atoms with E-state index < -0.39 is 0 Å². The van der Waals surface area contributed by atoms with E-state index in [1.807, 2.05) is 18.2 Å². The molecule has 1 aliphatic rings. The van der Waals surface area contributed by atoms with Crippen molar-refractivity contribution in [1.29, 1.82) is 0 Å². The van der Waals surface area contributed by atoms with Gasteiger partial charge in [0.05, 0.1) is 5.56 Å². The zero-order valence-corrected chi connectivity index (χ0v) is 9.01. The fraction of sp³-hybridized carbons (Fsp3) is 0.364. The Morgan fingerprint density at radius 2 is 2.07 bits per heavy atom. The number of esters is 1. The number of hydrogen-bond donors (Lipinski definition) is 0. The van der Waals surface area contributed by atoms with Crippen LogP contribution in [0.4, 0.5) is 0 Å².